The van der Waals surface area contributed by atoms with Gasteiger partial charge in [0.2, 0.25) is 0 Å². The standard InChI is InChI=1S/C15H24N4O3/c1-10(2)13(15(21)22-3)17-14(20)12-6-8-19(18-12)11-5-4-7-16-9-11/h6,8,10-11,13,16H,4-5,7,9H2,1-3H3,(H,17,20). The van der Waals surface area contributed by atoms with Crippen LogP contribution in [0.3, 0.4) is 0 Å². The molecule has 7 nitrogen and oxygen atoms in total. The summed E-state index contributed by atoms with van der Waals surface area (Å²) in [5, 5.41) is 10.4. The summed E-state index contributed by atoms with van der Waals surface area (Å²) < 4.78 is 6.55. The fourth-order valence-electron chi connectivity index (χ4n) is 2.56. The average Bonchev–Trinajstić information content (AvgIpc) is 3.02. The molecule has 1 fully saturated rings. The van der Waals surface area contributed by atoms with Gasteiger partial charge in [0, 0.05) is 12.7 Å². The smallest absolute Gasteiger partial charge is 0.328 e. The fourth-order valence-corrected chi connectivity index (χ4v) is 2.56. The monoisotopic (exact) mass is 308 g/mol. The van der Waals surface area contributed by atoms with Gasteiger partial charge in [-0.15, -0.1) is 0 Å². The van der Waals surface area contributed by atoms with Crippen LogP contribution in [0.4, 0.5) is 0 Å². The fraction of sp³-hybridized carbons (Fsp3) is 0.667. The summed E-state index contributed by atoms with van der Waals surface area (Å²) in [6.07, 6.45) is 3.96. The number of esters is 1. The number of ether oxygens (including phenoxy) is 1. The summed E-state index contributed by atoms with van der Waals surface area (Å²) in [5.41, 5.74) is 0.320. The number of nitrogens with one attached hydrogen (secondary N) is 2. The Labute approximate surface area is 130 Å². The molecule has 1 aromatic rings. The van der Waals surface area contributed by atoms with Crippen LogP contribution in [0.15, 0.2) is 12.3 Å². The van der Waals surface area contributed by atoms with Crippen LogP contribution in [0, 0.1) is 5.92 Å². The molecule has 0 bridgehead atoms. The molecule has 0 radical (unpaired) electrons. The summed E-state index contributed by atoms with van der Waals surface area (Å²) in [6, 6.07) is 1.29. The third kappa shape index (κ3) is 3.85. The lowest BCUT2D eigenvalue weighted by Gasteiger charge is -2.23. The number of carbonyl (C=O) groups is 2. The second-order valence-electron chi connectivity index (χ2n) is 5.90. The van der Waals surface area contributed by atoms with Crippen LogP contribution in [0.2, 0.25) is 0 Å². The molecular formula is C15H24N4O3. The van der Waals surface area contributed by atoms with E-state index in [1.54, 1.807) is 6.07 Å². The van der Waals surface area contributed by atoms with Crippen molar-refractivity contribution in [2.75, 3.05) is 20.2 Å². The molecule has 122 valence electrons. The molecule has 7 heteroatoms. The van der Waals surface area contributed by atoms with Gasteiger partial charge in [-0.05, 0) is 31.4 Å². The van der Waals surface area contributed by atoms with Crippen LogP contribution >= 0.6 is 0 Å². The molecule has 0 spiro atoms. The Morgan fingerprint density at radius 1 is 1.50 bits per heavy atom. The van der Waals surface area contributed by atoms with Gasteiger partial charge in [0.15, 0.2) is 0 Å². The zero-order valence-corrected chi connectivity index (χ0v) is 13.3. The highest BCUT2D eigenvalue weighted by Crippen LogP contribution is 2.16. The van der Waals surface area contributed by atoms with Gasteiger partial charge in [0.05, 0.1) is 13.2 Å². The van der Waals surface area contributed by atoms with Crippen LogP contribution in [0.25, 0.3) is 0 Å². The zero-order chi connectivity index (χ0) is 16.1. The molecule has 1 saturated heterocycles. The van der Waals surface area contributed by atoms with E-state index in [9.17, 15) is 9.59 Å². The van der Waals surface area contributed by atoms with Crippen LogP contribution < -0.4 is 10.6 Å². The van der Waals surface area contributed by atoms with E-state index in [0.29, 0.717) is 5.69 Å². The first kappa shape index (κ1) is 16.5. The summed E-state index contributed by atoms with van der Waals surface area (Å²) in [6.45, 7) is 5.60. The normalized spacial score (nSPS) is 19.7. The van der Waals surface area contributed by atoms with E-state index in [-0.39, 0.29) is 17.9 Å². The van der Waals surface area contributed by atoms with Gasteiger partial charge < -0.3 is 15.4 Å². The number of hydrogen-bond acceptors (Lipinski definition) is 5. The number of aromatic nitrogens is 2. The molecule has 2 atom stereocenters. The molecular weight excluding hydrogens is 284 g/mol. The lowest BCUT2D eigenvalue weighted by Crippen LogP contribution is -2.45. The van der Waals surface area contributed by atoms with Crippen molar-refractivity contribution in [2.45, 2.75) is 38.8 Å². The number of nitrogens with zero attached hydrogens (tertiary/aromatic N) is 2. The maximum Gasteiger partial charge on any atom is 0.328 e. The number of methoxy groups -OCH3 is 1. The molecule has 2 unspecified atom stereocenters. The zero-order valence-electron chi connectivity index (χ0n) is 13.3. The van der Waals surface area contributed by atoms with Gasteiger partial charge in [-0.25, -0.2) is 4.79 Å². The first-order valence-electron chi connectivity index (χ1n) is 7.67. The van der Waals surface area contributed by atoms with Gasteiger partial charge in [-0.2, -0.15) is 5.10 Å². The van der Waals surface area contributed by atoms with Gasteiger partial charge >= 0.3 is 5.97 Å². The van der Waals surface area contributed by atoms with E-state index in [2.05, 4.69) is 15.7 Å². The number of hydrogen-bond donors (Lipinski definition) is 2. The highest BCUT2D eigenvalue weighted by atomic mass is 16.5. The van der Waals surface area contributed by atoms with E-state index >= 15 is 0 Å². The third-order valence-electron chi connectivity index (χ3n) is 3.89. The van der Waals surface area contributed by atoms with Crippen molar-refractivity contribution in [3.63, 3.8) is 0 Å². The first-order valence-corrected chi connectivity index (χ1v) is 7.67. The molecule has 1 aliphatic rings. The molecule has 0 aromatic carbocycles. The van der Waals surface area contributed by atoms with Crippen molar-refractivity contribution in [1.29, 1.82) is 0 Å². The Morgan fingerprint density at radius 2 is 2.27 bits per heavy atom. The molecule has 0 aliphatic carbocycles. The lowest BCUT2D eigenvalue weighted by atomic mass is 10.0. The van der Waals surface area contributed by atoms with E-state index in [4.69, 9.17) is 4.74 Å². The van der Waals surface area contributed by atoms with Crippen molar-refractivity contribution in [3.8, 4) is 0 Å². The van der Waals surface area contributed by atoms with Crippen LogP contribution in [-0.4, -0.2) is 47.9 Å². The average molecular weight is 308 g/mol. The van der Waals surface area contributed by atoms with Crippen LogP contribution in [-0.2, 0) is 9.53 Å². The second kappa shape index (κ2) is 7.40. The number of piperidine rings is 1. The molecule has 2 rings (SSSR count). The summed E-state index contributed by atoms with van der Waals surface area (Å²) >= 11 is 0. The Bertz CT molecular complexity index is 521. The first-order chi connectivity index (χ1) is 10.5. The van der Waals surface area contributed by atoms with E-state index in [1.165, 1.54) is 7.11 Å². The second-order valence-corrected chi connectivity index (χ2v) is 5.90. The molecule has 2 N–H and O–H groups in total. The topological polar surface area (TPSA) is 85.2 Å². The molecule has 0 saturated carbocycles. The maximum atomic E-state index is 12.3. The van der Waals surface area contributed by atoms with E-state index in [1.807, 2.05) is 24.7 Å². The van der Waals surface area contributed by atoms with Gasteiger partial charge in [0.25, 0.3) is 5.91 Å². The van der Waals surface area contributed by atoms with E-state index in [0.717, 1.165) is 25.9 Å². The predicted octanol–water partition coefficient (Wildman–Crippen LogP) is 0.735. The number of rotatable bonds is 5. The Hall–Kier alpha value is -1.89. The minimum atomic E-state index is -0.668. The Balaban J connectivity index is 2.03. The van der Waals surface area contributed by atoms with Crippen molar-refractivity contribution < 1.29 is 14.3 Å². The highest BCUT2D eigenvalue weighted by Gasteiger charge is 2.26. The predicted molar refractivity (Wildman–Crippen MR) is 81.5 cm³/mol. The largest absolute Gasteiger partial charge is 0.467 e. The van der Waals surface area contributed by atoms with Crippen molar-refractivity contribution in [2.24, 2.45) is 5.92 Å². The quantitative estimate of drug-likeness (QED) is 0.784. The van der Waals surface area contributed by atoms with E-state index < -0.39 is 12.0 Å². The third-order valence-corrected chi connectivity index (χ3v) is 3.89. The minimum Gasteiger partial charge on any atom is -0.467 e. The van der Waals surface area contributed by atoms with Crippen LogP contribution in [0.1, 0.15) is 43.2 Å². The van der Waals surface area contributed by atoms with Gasteiger partial charge in [-0.1, -0.05) is 13.8 Å². The summed E-state index contributed by atoms with van der Waals surface area (Å²) in [5.74, 6) is -0.855. The SMILES string of the molecule is COC(=O)C(NC(=O)c1ccn(C2CCCNC2)n1)C(C)C. The van der Waals surface area contributed by atoms with Crippen molar-refractivity contribution in [3.05, 3.63) is 18.0 Å². The van der Waals surface area contributed by atoms with Gasteiger partial charge in [0.1, 0.15) is 11.7 Å². The Kier molecular flexibility index (Phi) is 5.54. The van der Waals surface area contributed by atoms with Crippen molar-refractivity contribution in [1.82, 2.24) is 20.4 Å². The molecule has 1 amide bonds. The molecule has 2 heterocycles. The minimum absolute atomic E-state index is 0.0546. The Morgan fingerprint density at radius 3 is 2.86 bits per heavy atom. The maximum absolute atomic E-state index is 12.3. The lowest BCUT2D eigenvalue weighted by molar-refractivity contribution is -0.144. The summed E-state index contributed by atoms with van der Waals surface area (Å²) in [4.78, 5) is 24.0. The summed E-state index contributed by atoms with van der Waals surface area (Å²) in [7, 11) is 1.31. The molecule has 1 aliphatic heterocycles. The van der Waals surface area contributed by atoms with Crippen molar-refractivity contribution >= 4 is 11.9 Å². The molecule has 1 aromatic heterocycles. The molecule has 22 heavy (non-hydrogen) atoms. The number of carbonyl (C=O) groups excluding carboxylic acids is 2. The van der Waals surface area contributed by atoms with Crippen LogP contribution in [0.5, 0.6) is 0 Å². The number of amides is 1. The highest BCUT2D eigenvalue weighted by molar-refractivity contribution is 5.95. The van der Waals surface area contributed by atoms with Gasteiger partial charge in [-0.3, -0.25) is 9.48 Å².